The molecule has 0 atom stereocenters. The van der Waals surface area contributed by atoms with Crippen LogP contribution in [0, 0.1) is 0 Å². The molecule has 9 heteroatoms. The third kappa shape index (κ3) is 9.09. The number of halogens is 1. The van der Waals surface area contributed by atoms with Gasteiger partial charge in [-0.05, 0) is 30.7 Å². The Labute approximate surface area is 201 Å². The summed E-state index contributed by atoms with van der Waals surface area (Å²) in [5.74, 6) is 1.26. The van der Waals surface area contributed by atoms with Crippen LogP contribution in [0.2, 0.25) is 0 Å². The third-order valence-electron chi connectivity index (χ3n) is 4.19. The van der Waals surface area contributed by atoms with Gasteiger partial charge in [0.1, 0.15) is 6.61 Å². The molecule has 0 saturated carbocycles. The van der Waals surface area contributed by atoms with E-state index in [1.165, 1.54) is 0 Å². The first-order chi connectivity index (χ1) is 14.5. The van der Waals surface area contributed by atoms with E-state index in [0.29, 0.717) is 43.7 Å². The maximum Gasteiger partial charge on any atom is 0.253 e. The molecule has 0 aliphatic heterocycles. The summed E-state index contributed by atoms with van der Waals surface area (Å²) in [6.07, 6.45) is 1.70. The summed E-state index contributed by atoms with van der Waals surface area (Å²) >= 11 is 0. The average molecular weight is 541 g/mol. The van der Waals surface area contributed by atoms with Gasteiger partial charge in [0.05, 0.1) is 13.2 Å². The van der Waals surface area contributed by atoms with Crippen molar-refractivity contribution >= 4 is 35.8 Å². The summed E-state index contributed by atoms with van der Waals surface area (Å²) in [5.41, 5.74) is 2.62. The number of carbonyl (C=O) groups excluding carboxylic acids is 1. The fourth-order valence-electron chi connectivity index (χ4n) is 2.61. The zero-order valence-electron chi connectivity index (χ0n) is 18.6. The average Bonchev–Trinajstić information content (AvgIpc) is 2.76. The molecule has 2 rings (SSSR count). The number of hydrogen-bond donors (Lipinski definition) is 2. The molecule has 0 bridgehead atoms. The molecule has 1 aromatic carbocycles. The van der Waals surface area contributed by atoms with Gasteiger partial charge in [-0.2, -0.15) is 0 Å². The smallest absolute Gasteiger partial charge is 0.253 e. The van der Waals surface area contributed by atoms with Crippen molar-refractivity contribution in [3.8, 4) is 5.88 Å². The Morgan fingerprint density at radius 3 is 2.52 bits per heavy atom. The second kappa shape index (κ2) is 14.6. The number of hydrogen-bond acceptors (Lipinski definition) is 5. The minimum atomic E-state index is -0.0138. The SMILES string of the molecule is CCNC(=NCc1ccc(C(=O)N(C)C)cc1)NCc1cccnc1OCCOC.I. The molecule has 0 unspecified atom stereocenters. The maximum atomic E-state index is 12.0. The van der Waals surface area contributed by atoms with Gasteiger partial charge in [0, 0.05) is 51.6 Å². The van der Waals surface area contributed by atoms with Crippen LogP contribution in [0.1, 0.15) is 28.4 Å². The molecule has 0 saturated heterocycles. The van der Waals surface area contributed by atoms with Crippen LogP contribution in [0.4, 0.5) is 0 Å². The fourth-order valence-corrected chi connectivity index (χ4v) is 2.61. The van der Waals surface area contributed by atoms with E-state index in [-0.39, 0.29) is 29.9 Å². The molecule has 1 amide bonds. The van der Waals surface area contributed by atoms with Crippen molar-refractivity contribution in [1.82, 2.24) is 20.5 Å². The van der Waals surface area contributed by atoms with E-state index in [0.717, 1.165) is 17.7 Å². The van der Waals surface area contributed by atoms with Crippen molar-refractivity contribution in [2.45, 2.75) is 20.0 Å². The Balaban J connectivity index is 0.00000480. The predicted octanol–water partition coefficient (Wildman–Crippen LogP) is 2.68. The van der Waals surface area contributed by atoms with Crippen molar-refractivity contribution in [3.05, 3.63) is 59.3 Å². The van der Waals surface area contributed by atoms with E-state index >= 15 is 0 Å². The molecule has 1 aromatic heterocycles. The van der Waals surface area contributed by atoms with E-state index < -0.39 is 0 Å². The minimum Gasteiger partial charge on any atom is -0.475 e. The van der Waals surface area contributed by atoms with E-state index in [9.17, 15) is 4.79 Å². The number of amides is 1. The van der Waals surface area contributed by atoms with E-state index in [2.05, 4.69) is 20.6 Å². The number of aliphatic imine (C=N–C) groups is 1. The standard InChI is InChI=1S/C22H31N5O3.HI/c1-5-23-22(25-15-17-8-10-18(11-9-17)21(28)27(2)3)26-16-19-7-6-12-24-20(19)30-14-13-29-4;/h6-12H,5,13-16H2,1-4H3,(H2,23,25,26);1H. The van der Waals surface area contributed by atoms with Gasteiger partial charge >= 0.3 is 0 Å². The van der Waals surface area contributed by atoms with Gasteiger partial charge in [-0.25, -0.2) is 9.98 Å². The molecule has 0 aliphatic carbocycles. The third-order valence-corrected chi connectivity index (χ3v) is 4.19. The van der Waals surface area contributed by atoms with Gasteiger partial charge in [0.2, 0.25) is 5.88 Å². The van der Waals surface area contributed by atoms with Crippen LogP contribution in [0.3, 0.4) is 0 Å². The second-order valence-electron chi connectivity index (χ2n) is 6.75. The lowest BCUT2D eigenvalue weighted by atomic mass is 10.1. The van der Waals surface area contributed by atoms with Crippen molar-refractivity contribution < 1.29 is 14.3 Å². The molecule has 0 fully saturated rings. The number of nitrogens with one attached hydrogen (secondary N) is 2. The number of nitrogens with zero attached hydrogens (tertiary/aromatic N) is 3. The quantitative estimate of drug-likeness (QED) is 0.208. The molecule has 2 aromatic rings. The van der Waals surface area contributed by atoms with Crippen LogP contribution in [0.5, 0.6) is 5.88 Å². The molecule has 0 radical (unpaired) electrons. The lowest BCUT2D eigenvalue weighted by molar-refractivity contribution is 0.0827. The van der Waals surface area contributed by atoms with Crippen molar-refractivity contribution in [2.24, 2.45) is 4.99 Å². The van der Waals surface area contributed by atoms with Gasteiger partial charge in [0.15, 0.2) is 5.96 Å². The normalized spacial score (nSPS) is 10.8. The molecule has 2 N–H and O–H groups in total. The molecular weight excluding hydrogens is 509 g/mol. The van der Waals surface area contributed by atoms with Crippen LogP contribution in [-0.4, -0.2) is 62.7 Å². The molecule has 8 nitrogen and oxygen atoms in total. The van der Waals surface area contributed by atoms with Gasteiger partial charge in [-0.3, -0.25) is 4.79 Å². The summed E-state index contributed by atoms with van der Waals surface area (Å²) in [4.78, 5) is 22.5. The first-order valence-corrected chi connectivity index (χ1v) is 9.93. The highest BCUT2D eigenvalue weighted by Gasteiger charge is 2.08. The molecule has 0 spiro atoms. The highest BCUT2D eigenvalue weighted by Crippen LogP contribution is 2.14. The zero-order chi connectivity index (χ0) is 21.8. The summed E-state index contributed by atoms with van der Waals surface area (Å²) in [6, 6.07) is 11.3. The zero-order valence-corrected chi connectivity index (χ0v) is 20.9. The summed E-state index contributed by atoms with van der Waals surface area (Å²) in [7, 11) is 5.12. The molecular formula is C22H32IN5O3. The van der Waals surface area contributed by atoms with E-state index in [1.54, 1.807) is 32.3 Å². The lowest BCUT2D eigenvalue weighted by Gasteiger charge is -2.14. The summed E-state index contributed by atoms with van der Waals surface area (Å²) < 4.78 is 10.7. The number of aromatic nitrogens is 1. The lowest BCUT2D eigenvalue weighted by Crippen LogP contribution is -2.37. The molecule has 31 heavy (non-hydrogen) atoms. The highest BCUT2D eigenvalue weighted by atomic mass is 127. The Kier molecular flexibility index (Phi) is 12.5. The maximum absolute atomic E-state index is 12.0. The monoisotopic (exact) mass is 541 g/mol. The number of rotatable bonds is 10. The second-order valence-corrected chi connectivity index (χ2v) is 6.75. The Bertz CT molecular complexity index is 828. The highest BCUT2D eigenvalue weighted by molar-refractivity contribution is 14.0. The van der Waals surface area contributed by atoms with E-state index in [1.807, 2.05) is 43.3 Å². The van der Waals surface area contributed by atoms with Crippen LogP contribution >= 0.6 is 24.0 Å². The van der Waals surface area contributed by atoms with Crippen LogP contribution in [0.25, 0.3) is 0 Å². The van der Waals surface area contributed by atoms with E-state index in [4.69, 9.17) is 9.47 Å². The Hall–Kier alpha value is -2.40. The minimum absolute atomic E-state index is 0. The van der Waals surface area contributed by atoms with Gasteiger partial charge in [0.25, 0.3) is 5.91 Å². The summed E-state index contributed by atoms with van der Waals surface area (Å²) in [6.45, 7) is 4.73. The Morgan fingerprint density at radius 1 is 1.13 bits per heavy atom. The molecule has 0 aliphatic rings. The number of benzene rings is 1. The van der Waals surface area contributed by atoms with Crippen LogP contribution in [0.15, 0.2) is 47.6 Å². The number of guanidine groups is 1. The topological polar surface area (TPSA) is 88.1 Å². The largest absolute Gasteiger partial charge is 0.475 e. The molecule has 170 valence electrons. The van der Waals surface area contributed by atoms with Crippen molar-refractivity contribution in [2.75, 3.05) is 41.0 Å². The van der Waals surface area contributed by atoms with Gasteiger partial charge in [-0.15, -0.1) is 24.0 Å². The molecule has 1 heterocycles. The first-order valence-electron chi connectivity index (χ1n) is 9.93. The van der Waals surface area contributed by atoms with Gasteiger partial charge in [-0.1, -0.05) is 18.2 Å². The Morgan fingerprint density at radius 2 is 1.87 bits per heavy atom. The number of carbonyl (C=O) groups is 1. The van der Waals surface area contributed by atoms with Crippen molar-refractivity contribution in [3.63, 3.8) is 0 Å². The summed E-state index contributed by atoms with van der Waals surface area (Å²) in [5, 5.41) is 6.55. The van der Waals surface area contributed by atoms with Crippen molar-refractivity contribution in [1.29, 1.82) is 0 Å². The van der Waals surface area contributed by atoms with Crippen LogP contribution < -0.4 is 15.4 Å². The number of methoxy groups -OCH3 is 1. The van der Waals surface area contributed by atoms with Crippen LogP contribution in [-0.2, 0) is 17.8 Å². The first kappa shape index (κ1) is 26.6. The number of ether oxygens (including phenoxy) is 2. The number of pyridine rings is 1. The fraction of sp³-hybridized carbons (Fsp3) is 0.409. The predicted molar refractivity (Wildman–Crippen MR) is 133 cm³/mol. The van der Waals surface area contributed by atoms with Gasteiger partial charge < -0.3 is 25.0 Å².